The van der Waals surface area contributed by atoms with Crippen molar-refractivity contribution in [1.29, 1.82) is 0 Å². The van der Waals surface area contributed by atoms with Gasteiger partial charge in [-0.1, -0.05) is 25.1 Å². The van der Waals surface area contributed by atoms with Crippen LogP contribution < -0.4 is 5.32 Å². The first-order valence-corrected chi connectivity index (χ1v) is 10.1. The van der Waals surface area contributed by atoms with Gasteiger partial charge in [-0.3, -0.25) is 14.5 Å². The zero-order valence-corrected chi connectivity index (χ0v) is 17.4. The van der Waals surface area contributed by atoms with Crippen LogP contribution in [0.3, 0.4) is 0 Å². The Balaban J connectivity index is 1.48. The van der Waals surface area contributed by atoms with Crippen molar-refractivity contribution in [1.82, 2.24) is 9.80 Å². The molecule has 158 valence electrons. The Morgan fingerprint density at radius 1 is 0.967 bits per heavy atom. The van der Waals surface area contributed by atoms with Crippen LogP contribution in [0, 0.1) is 0 Å². The van der Waals surface area contributed by atoms with Crippen LogP contribution >= 0.6 is 0 Å². The molecule has 1 saturated heterocycles. The van der Waals surface area contributed by atoms with E-state index in [2.05, 4.69) is 12.2 Å². The van der Waals surface area contributed by atoms with Crippen molar-refractivity contribution < 1.29 is 19.1 Å². The van der Waals surface area contributed by atoms with E-state index in [1.807, 2.05) is 34.1 Å². The molecule has 1 aliphatic rings. The predicted octanol–water partition coefficient (Wildman–Crippen LogP) is 2.43. The lowest BCUT2D eigenvalue weighted by Crippen LogP contribution is -2.50. The first-order valence-electron chi connectivity index (χ1n) is 10.1. The Labute approximate surface area is 176 Å². The highest BCUT2D eigenvalue weighted by atomic mass is 16.5. The van der Waals surface area contributed by atoms with Crippen LogP contribution in [0.5, 0.6) is 0 Å². The highest BCUT2D eigenvalue weighted by Crippen LogP contribution is 2.13. The van der Waals surface area contributed by atoms with Gasteiger partial charge in [0, 0.05) is 37.4 Å². The van der Waals surface area contributed by atoms with Crippen LogP contribution in [0.1, 0.15) is 33.2 Å². The van der Waals surface area contributed by atoms with Crippen LogP contribution in [0.15, 0.2) is 48.5 Å². The Morgan fingerprint density at radius 3 is 2.30 bits per heavy atom. The summed E-state index contributed by atoms with van der Waals surface area (Å²) in [5.74, 6) is -0.579. The number of carbonyl (C=O) groups is 3. The monoisotopic (exact) mass is 409 g/mol. The Bertz CT molecular complexity index is 903. The van der Waals surface area contributed by atoms with Crippen molar-refractivity contribution in [3.63, 3.8) is 0 Å². The molecule has 1 heterocycles. The molecule has 1 aliphatic heterocycles. The molecule has 2 aromatic carbocycles. The number of amides is 2. The number of ether oxygens (including phenoxy) is 1. The van der Waals surface area contributed by atoms with E-state index in [0.717, 1.165) is 6.42 Å². The van der Waals surface area contributed by atoms with E-state index >= 15 is 0 Å². The lowest BCUT2D eigenvalue weighted by Gasteiger charge is -2.34. The number of hydrogen-bond acceptors (Lipinski definition) is 5. The molecule has 0 saturated carbocycles. The zero-order chi connectivity index (χ0) is 21.5. The average Bonchev–Trinajstić information content (AvgIpc) is 2.78. The fourth-order valence-electron chi connectivity index (χ4n) is 3.42. The van der Waals surface area contributed by atoms with Gasteiger partial charge in [0.15, 0.2) is 0 Å². The molecular weight excluding hydrogens is 382 g/mol. The molecule has 7 heteroatoms. The Hall–Kier alpha value is -3.19. The molecule has 0 spiro atoms. The van der Waals surface area contributed by atoms with Crippen molar-refractivity contribution >= 4 is 23.5 Å². The highest BCUT2D eigenvalue weighted by Gasteiger charge is 2.23. The molecule has 30 heavy (non-hydrogen) atoms. The maximum Gasteiger partial charge on any atom is 0.337 e. The van der Waals surface area contributed by atoms with Gasteiger partial charge in [-0.15, -0.1) is 0 Å². The summed E-state index contributed by atoms with van der Waals surface area (Å²) in [5, 5.41) is 2.81. The number of nitrogens with one attached hydrogen (secondary N) is 1. The van der Waals surface area contributed by atoms with Gasteiger partial charge in [0.25, 0.3) is 5.91 Å². The Morgan fingerprint density at radius 2 is 1.67 bits per heavy atom. The summed E-state index contributed by atoms with van der Waals surface area (Å²) >= 11 is 0. The predicted molar refractivity (Wildman–Crippen MR) is 115 cm³/mol. The van der Waals surface area contributed by atoms with E-state index in [4.69, 9.17) is 4.74 Å². The number of rotatable bonds is 6. The molecule has 1 N–H and O–H groups in total. The van der Waals surface area contributed by atoms with Gasteiger partial charge in [0.1, 0.15) is 0 Å². The number of esters is 1. The molecule has 2 amide bonds. The van der Waals surface area contributed by atoms with Crippen LogP contribution in [0.2, 0.25) is 0 Å². The summed E-state index contributed by atoms with van der Waals surface area (Å²) in [6.45, 7) is 4.75. The number of carbonyl (C=O) groups excluding carboxylic acids is 3. The molecule has 0 bridgehead atoms. The lowest BCUT2D eigenvalue weighted by molar-refractivity contribution is -0.117. The maximum atomic E-state index is 12.7. The quantitative estimate of drug-likeness (QED) is 0.742. The summed E-state index contributed by atoms with van der Waals surface area (Å²) in [4.78, 5) is 40.5. The molecule has 0 aromatic heterocycles. The minimum absolute atomic E-state index is 0.0291. The summed E-state index contributed by atoms with van der Waals surface area (Å²) in [6.07, 6.45) is 0.947. The Kier molecular flexibility index (Phi) is 7.19. The second-order valence-electron chi connectivity index (χ2n) is 7.24. The van der Waals surface area contributed by atoms with E-state index < -0.39 is 5.97 Å². The van der Waals surface area contributed by atoms with E-state index in [0.29, 0.717) is 43.0 Å². The van der Waals surface area contributed by atoms with Gasteiger partial charge in [0.2, 0.25) is 5.91 Å². The fraction of sp³-hybridized carbons (Fsp3) is 0.348. The average molecular weight is 409 g/mol. The first kappa shape index (κ1) is 21.5. The number of aryl methyl sites for hydroxylation is 1. The highest BCUT2D eigenvalue weighted by molar-refractivity contribution is 5.96. The molecule has 0 radical (unpaired) electrons. The molecule has 2 aromatic rings. The fourth-order valence-corrected chi connectivity index (χ4v) is 3.42. The summed E-state index contributed by atoms with van der Waals surface area (Å²) in [7, 11) is 1.32. The minimum atomic E-state index is -0.448. The normalized spacial score (nSPS) is 14.3. The van der Waals surface area contributed by atoms with Gasteiger partial charge in [-0.05, 0) is 42.3 Å². The molecular formula is C23H27N3O4. The third kappa shape index (κ3) is 5.45. The van der Waals surface area contributed by atoms with E-state index in [-0.39, 0.29) is 18.4 Å². The minimum Gasteiger partial charge on any atom is -0.465 e. The van der Waals surface area contributed by atoms with E-state index in [1.54, 1.807) is 24.3 Å². The lowest BCUT2D eigenvalue weighted by atomic mass is 10.1. The van der Waals surface area contributed by atoms with Crippen LogP contribution in [0.25, 0.3) is 0 Å². The second kappa shape index (κ2) is 10.0. The number of benzene rings is 2. The van der Waals surface area contributed by atoms with Gasteiger partial charge < -0.3 is 15.0 Å². The summed E-state index contributed by atoms with van der Waals surface area (Å²) in [5.41, 5.74) is 2.84. The van der Waals surface area contributed by atoms with Crippen molar-refractivity contribution in [3.8, 4) is 0 Å². The van der Waals surface area contributed by atoms with Crippen LogP contribution in [-0.4, -0.2) is 67.4 Å². The van der Waals surface area contributed by atoms with Gasteiger partial charge in [-0.2, -0.15) is 0 Å². The smallest absolute Gasteiger partial charge is 0.337 e. The van der Waals surface area contributed by atoms with Crippen LogP contribution in [-0.2, 0) is 16.0 Å². The summed E-state index contributed by atoms with van der Waals surface area (Å²) in [6, 6.07) is 14.4. The van der Waals surface area contributed by atoms with Gasteiger partial charge in [0.05, 0.1) is 19.2 Å². The third-order valence-corrected chi connectivity index (χ3v) is 5.20. The number of hydrogen-bond donors (Lipinski definition) is 1. The standard InChI is InChI=1S/C23H27N3O4/c1-3-17-7-9-18(10-8-17)22(28)26-13-11-25(12-14-26)16-21(27)24-20-6-4-5-19(15-20)23(29)30-2/h4-10,15H,3,11-14,16H2,1-2H3,(H,24,27). The molecule has 1 fully saturated rings. The SMILES string of the molecule is CCc1ccc(C(=O)N2CCN(CC(=O)Nc3cccc(C(=O)OC)c3)CC2)cc1. The van der Waals surface area contributed by atoms with Gasteiger partial charge >= 0.3 is 5.97 Å². The van der Waals surface area contributed by atoms with Crippen molar-refractivity contribution in [2.24, 2.45) is 0 Å². The molecule has 0 unspecified atom stereocenters. The number of nitrogens with zero attached hydrogens (tertiary/aromatic N) is 2. The topological polar surface area (TPSA) is 79.0 Å². The largest absolute Gasteiger partial charge is 0.465 e. The number of piperazine rings is 1. The van der Waals surface area contributed by atoms with Gasteiger partial charge in [-0.25, -0.2) is 4.79 Å². The van der Waals surface area contributed by atoms with Crippen molar-refractivity contribution in [2.75, 3.05) is 45.2 Å². The molecule has 7 nitrogen and oxygen atoms in total. The third-order valence-electron chi connectivity index (χ3n) is 5.20. The van der Waals surface area contributed by atoms with Crippen molar-refractivity contribution in [2.45, 2.75) is 13.3 Å². The van der Waals surface area contributed by atoms with Crippen LogP contribution in [0.4, 0.5) is 5.69 Å². The van der Waals surface area contributed by atoms with Crippen molar-refractivity contribution in [3.05, 3.63) is 65.2 Å². The summed E-state index contributed by atoms with van der Waals surface area (Å²) < 4.78 is 4.70. The molecule has 0 atom stereocenters. The zero-order valence-electron chi connectivity index (χ0n) is 17.4. The number of anilines is 1. The van der Waals surface area contributed by atoms with E-state index in [9.17, 15) is 14.4 Å². The van der Waals surface area contributed by atoms with E-state index in [1.165, 1.54) is 12.7 Å². The maximum absolute atomic E-state index is 12.7. The first-order chi connectivity index (χ1) is 14.5. The number of methoxy groups -OCH3 is 1. The molecule has 0 aliphatic carbocycles. The molecule has 3 rings (SSSR count). The second-order valence-corrected chi connectivity index (χ2v) is 7.24.